The first kappa shape index (κ1) is 19.0. The Bertz CT molecular complexity index is 1100. The van der Waals surface area contributed by atoms with Crippen molar-refractivity contribution in [1.29, 1.82) is 0 Å². The molecule has 3 nitrogen and oxygen atoms in total. The predicted molar refractivity (Wildman–Crippen MR) is 108 cm³/mol. The van der Waals surface area contributed by atoms with Crippen molar-refractivity contribution in [3.63, 3.8) is 0 Å². The van der Waals surface area contributed by atoms with Gasteiger partial charge in [0.2, 0.25) is 0 Å². The lowest BCUT2D eigenvalue weighted by Crippen LogP contribution is -2.48. The summed E-state index contributed by atoms with van der Waals surface area (Å²) in [6.07, 6.45) is 0.532. The van der Waals surface area contributed by atoms with Crippen LogP contribution >= 0.6 is 27.5 Å². The lowest BCUT2D eigenvalue weighted by Gasteiger charge is -2.39. The number of halogens is 4. The van der Waals surface area contributed by atoms with Gasteiger partial charge in [0.05, 0.1) is 17.4 Å². The number of benzene rings is 2. The van der Waals surface area contributed by atoms with Crippen LogP contribution in [0.15, 0.2) is 71.3 Å². The second-order valence-corrected chi connectivity index (χ2v) is 8.84. The molecule has 2 aliphatic rings. The van der Waals surface area contributed by atoms with E-state index >= 15 is 8.78 Å². The van der Waals surface area contributed by atoms with Gasteiger partial charge in [-0.2, -0.15) is 0 Å². The van der Waals surface area contributed by atoms with Gasteiger partial charge in [0.1, 0.15) is 11.4 Å². The van der Waals surface area contributed by atoms with Crippen LogP contribution in [0.2, 0.25) is 5.02 Å². The Kier molecular flexibility index (Phi) is 4.08. The van der Waals surface area contributed by atoms with Gasteiger partial charge in [0.25, 0.3) is 5.92 Å². The van der Waals surface area contributed by atoms with Crippen LogP contribution in [-0.4, -0.2) is 16.0 Å². The highest BCUT2D eigenvalue weighted by Gasteiger charge is 2.78. The zero-order chi connectivity index (χ0) is 20.4. The molecule has 1 aliphatic heterocycles. The van der Waals surface area contributed by atoms with Crippen LogP contribution in [0, 0.1) is 0 Å². The summed E-state index contributed by atoms with van der Waals surface area (Å²) < 4.78 is 38.1. The Labute approximate surface area is 179 Å². The van der Waals surface area contributed by atoms with Crippen molar-refractivity contribution in [1.82, 2.24) is 4.98 Å². The minimum atomic E-state index is -3.23. The molecule has 0 spiro atoms. The first-order valence-electron chi connectivity index (χ1n) is 9.04. The van der Waals surface area contributed by atoms with E-state index in [0.717, 1.165) is 4.47 Å². The van der Waals surface area contributed by atoms with E-state index in [-0.39, 0.29) is 11.4 Å². The standard InChI is InChI=1S/C22H15BrClF2NO2/c23-15-8-6-14(7-9-15)22-18(13-4-2-1-3-5-13)21(25,26)12-20(22,28)19-17(29-22)10-16(24)11-27-19/h1-11,18,28H,12H2/t18-,20?,22?/m1/s1. The summed E-state index contributed by atoms with van der Waals surface area (Å²) in [5, 5.41) is 12.1. The van der Waals surface area contributed by atoms with E-state index in [1.54, 1.807) is 54.6 Å². The maximum absolute atomic E-state index is 15.5. The summed E-state index contributed by atoms with van der Waals surface area (Å²) in [6.45, 7) is 0. The smallest absolute Gasteiger partial charge is 0.262 e. The van der Waals surface area contributed by atoms with Gasteiger partial charge in [-0.1, -0.05) is 70.0 Å². The van der Waals surface area contributed by atoms with Crippen molar-refractivity contribution in [2.24, 2.45) is 0 Å². The topological polar surface area (TPSA) is 42.4 Å². The number of nitrogens with zero attached hydrogens (tertiary/aromatic N) is 1. The summed E-state index contributed by atoms with van der Waals surface area (Å²) in [7, 11) is 0. The van der Waals surface area contributed by atoms with Crippen molar-refractivity contribution < 1.29 is 18.6 Å². The van der Waals surface area contributed by atoms with Crippen LogP contribution in [0.25, 0.3) is 0 Å². The van der Waals surface area contributed by atoms with Crippen LogP contribution < -0.4 is 4.74 Å². The van der Waals surface area contributed by atoms with Crippen molar-refractivity contribution >= 4 is 27.5 Å². The third-order valence-electron chi connectivity index (χ3n) is 5.82. The molecule has 7 heteroatoms. The molecule has 1 aliphatic carbocycles. The van der Waals surface area contributed by atoms with Gasteiger partial charge in [-0.3, -0.25) is 4.98 Å². The molecule has 2 aromatic carbocycles. The van der Waals surface area contributed by atoms with Crippen molar-refractivity contribution in [3.8, 4) is 5.75 Å². The molecule has 2 heterocycles. The van der Waals surface area contributed by atoms with Gasteiger partial charge >= 0.3 is 0 Å². The highest BCUT2D eigenvalue weighted by Crippen LogP contribution is 2.70. The molecular weight excluding hydrogens is 464 g/mol. The van der Waals surface area contributed by atoms with Crippen molar-refractivity contribution in [2.45, 2.75) is 29.5 Å². The van der Waals surface area contributed by atoms with Gasteiger partial charge in [-0.05, 0) is 23.3 Å². The molecule has 1 fully saturated rings. The minimum Gasteiger partial charge on any atom is -0.476 e. The summed E-state index contributed by atoms with van der Waals surface area (Å²) in [5.41, 5.74) is -2.86. The van der Waals surface area contributed by atoms with Gasteiger partial charge in [-0.15, -0.1) is 0 Å². The van der Waals surface area contributed by atoms with E-state index in [1.165, 1.54) is 12.3 Å². The number of fused-ring (bicyclic) bond motifs is 3. The molecule has 1 saturated carbocycles. The third kappa shape index (κ3) is 2.52. The van der Waals surface area contributed by atoms with Crippen LogP contribution in [0.4, 0.5) is 8.78 Å². The molecule has 3 atom stereocenters. The van der Waals surface area contributed by atoms with Crippen LogP contribution in [0.3, 0.4) is 0 Å². The Morgan fingerprint density at radius 2 is 1.79 bits per heavy atom. The normalized spacial score (nSPS) is 29.2. The number of aromatic nitrogens is 1. The number of hydrogen-bond acceptors (Lipinski definition) is 3. The first-order valence-corrected chi connectivity index (χ1v) is 10.2. The number of alkyl halides is 2. The van der Waals surface area contributed by atoms with Crippen molar-refractivity contribution in [2.75, 3.05) is 0 Å². The van der Waals surface area contributed by atoms with Crippen LogP contribution in [0.5, 0.6) is 5.75 Å². The summed E-state index contributed by atoms with van der Waals surface area (Å²) in [5.74, 6) is -4.43. The van der Waals surface area contributed by atoms with E-state index in [9.17, 15) is 5.11 Å². The Morgan fingerprint density at radius 3 is 2.48 bits per heavy atom. The maximum atomic E-state index is 15.5. The Hall–Kier alpha value is -2.02. The number of pyridine rings is 1. The third-order valence-corrected chi connectivity index (χ3v) is 6.56. The van der Waals surface area contributed by atoms with Crippen LogP contribution in [-0.2, 0) is 11.2 Å². The van der Waals surface area contributed by atoms with Gasteiger partial charge in [0.15, 0.2) is 11.2 Å². The molecule has 0 amide bonds. The second-order valence-electron chi connectivity index (χ2n) is 7.49. The predicted octanol–water partition coefficient (Wildman–Crippen LogP) is 5.80. The van der Waals surface area contributed by atoms with Crippen molar-refractivity contribution in [3.05, 3.63) is 93.2 Å². The molecule has 2 unspecified atom stereocenters. The van der Waals surface area contributed by atoms with E-state index in [2.05, 4.69) is 20.9 Å². The molecule has 0 radical (unpaired) electrons. The first-order chi connectivity index (χ1) is 13.8. The Morgan fingerprint density at radius 1 is 1.10 bits per heavy atom. The number of rotatable bonds is 2. The van der Waals surface area contributed by atoms with Gasteiger partial charge in [-0.25, -0.2) is 8.78 Å². The molecule has 3 aromatic rings. The molecule has 1 aromatic heterocycles. The molecule has 0 saturated heterocycles. The average molecular weight is 479 g/mol. The van der Waals surface area contributed by atoms with Crippen LogP contribution in [0.1, 0.15) is 29.2 Å². The summed E-state index contributed by atoms with van der Waals surface area (Å²) in [4.78, 5) is 4.21. The fraction of sp³-hybridized carbons (Fsp3) is 0.227. The average Bonchev–Trinajstić information content (AvgIpc) is 3.01. The molecule has 5 rings (SSSR count). The molecular formula is C22H15BrClF2NO2. The van der Waals surface area contributed by atoms with Gasteiger partial charge in [0, 0.05) is 16.7 Å². The quantitative estimate of drug-likeness (QED) is 0.506. The zero-order valence-corrected chi connectivity index (χ0v) is 17.3. The second kappa shape index (κ2) is 6.24. The number of hydrogen-bond donors (Lipinski definition) is 1. The van der Waals surface area contributed by atoms with E-state index in [0.29, 0.717) is 16.1 Å². The SMILES string of the molecule is OC12CC(F)(F)[C@@H](c3ccccc3)C1(c1ccc(Br)cc1)Oc1cc(Cl)cnc12. The van der Waals surface area contributed by atoms with Gasteiger partial charge < -0.3 is 9.84 Å². The Balaban J connectivity index is 1.84. The van der Waals surface area contributed by atoms with E-state index < -0.39 is 29.5 Å². The fourth-order valence-electron chi connectivity index (χ4n) is 4.78. The number of ether oxygens (including phenoxy) is 1. The molecule has 1 N–H and O–H groups in total. The lowest BCUT2D eigenvalue weighted by molar-refractivity contribution is -0.107. The molecule has 29 heavy (non-hydrogen) atoms. The molecule has 148 valence electrons. The molecule has 0 bridgehead atoms. The number of aliphatic hydroxyl groups is 1. The van der Waals surface area contributed by atoms with E-state index in [4.69, 9.17) is 16.3 Å². The highest BCUT2D eigenvalue weighted by molar-refractivity contribution is 9.10. The van der Waals surface area contributed by atoms with E-state index in [1.807, 2.05) is 0 Å². The monoisotopic (exact) mass is 477 g/mol. The minimum absolute atomic E-state index is 0.0860. The summed E-state index contributed by atoms with van der Waals surface area (Å²) in [6, 6.07) is 16.8. The largest absolute Gasteiger partial charge is 0.476 e. The fourth-order valence-corrected chi connectivity index (χ4v) is 5.19. The zero-order valence-electron chi connectivity index (χ0n) is 14.9. The lowest BCUT2D eigenvalue weighted by atomic mass is 9.72. The summed E-state index contributed by atoms with van der Waals surface area (Å²) >= 11 is 9.45. The maximum Gasteiger partial charge on any atom is 0.262 e. The highest BCUT2D eigenvalue weighted by atomic mass is 79.9.